The fourth-order valence-electron chi connectivity index (χ4n) is 0.750. The number of ether oxygens (including phenoxy) is 1. The highest BCUT2D eigenvalue weighted by Crippen LogP contribution is 2.34. The average molecular weight is 213 g/mol. The highest BCUT2D eigenvalue weighted by atomic mass is 79.9. The lowest BCUT2D eigenvalue weighted by Crippen LogP contribution is -2.19. The first-order valence-corrected chi connectivity index (χ1v) is 3.55. The van der Waals surface area contributed by atoms with Crippen LogP contribution in [0.1, 0.15) is 6.42 Å². The SMILES string of the molecule is O=C1O[C@H](CO)C[C@]1(F)Br. The van der Waals surface area contributed by atoms with E-state index < -0.39 is 16.7 Å². The van der Waals surface area contributed by atoms with Gasteiger partial charge in [0.1, 0.15) is 6.10 Å². The summed E-state index contributed by atoms with van der Waals surface area (Å²) in [5, 5.41) is 8.45. The van der Waals surface area contributed by atoms with E-state index in [0.29, 0.717) is 0 Å². The molecule has 0 aromatic heterocycles. The van der Waals surface area contributed by atoms with Gasteiger partial charge in [0.05, 0.1) is 6.61 Å². The van der Waals surface area contributed by atoms with Crippen LogP contribution in [-0.2, 0) is 9.53 Å². The van der Waals surface area contributed by atoms with Gasteiger partial charge in [0.25, 0.3) is 4.58 Å². The molecule has 0 aromatic carbocycles. The minimum Gasteiger partial charge on any atom is -0.457 e. The van der Waals surface area contributed by atoms with E-state index in [1.807, 2.05) is 0 Å². The van der Waals surface area contributed by atoms with Crippen LogP contribution in [-0.4, -0.2) is 28.4 Å². The maximum absolute atomic E-state index is 12.8. The van der Waals surface area contributed by atoms with Crippen molar-refractivity contribution in [1.82, 2.24) is 0 Å². The summed E-state index contributed by atoms with van der Waals surface area (Å²) in [5.41, 5.74) is 0. The van der Waals surface area contributed by atoms with E-state index in [1.54, 1.807) is 0 Å². The minimum atomic E-state index is -2.08. The number of carbonyl (C=O) groups is 1. The zero-order chi connectivity index (χ0) is 7.78. The molecule has 0 aromatic rings. The van der Waals surface area contributed by atoms with Crippen molar-refractivity contribution in [2.75, 3.05) is 6.61 Å². The van der Waals surface area contributed by atoms with Gasteiger partial charge in [0.15, 0.2) is 0 Å². The van der Waals surface area contributed by atoms with E-state index >= 15 is 0 Å². The molecule has 58 valence electrons. The Hall–Kier alpha value is -0.160. The fourth-order valence-corrected chi connectivity index (χ4v) is 1.20. The van der Waals surface area contributed by atoms with E-state index in [0.717, 1.165) is 0 Å². The summed E-state index contributed by atoms with van der Waals surface area (Å²) < 4.78 is 15.1. The average Bonchev–Trinajstić information content (AvgIpc) is 2.08. The van der Waals surface area contributed by atoms with Crippen molar-refractivity contribution in [3.63, 3.8) is 0 Å². The molecule has 0 saturated carbocycles. The second kappa shape index (κ2) is 2.47. The molecular weight excluding hydrogens is 207 g/mol. The summed E-state index contributed by atoms with van der Waals surface area (Å²) >= 11 is 2.54. The quantitative estimate of drug-likeness (QED) is 0.505. The summed E-state index contributed by atoms with van der Waals surface area (Å²) in [6.07, 6.45) is -0.820. The predicted octanol–water partition coefficient (Wildman–Crippen LogP) is 0.355. The molecule has 10 heavy (non-hydrogen) atoms. The van der Waals surface area contributed by atoms with Crippen LogP contribution < -0.4 is 0 Å². The Kier molecular flexibility index (Phi) is 1.96. The van der Waals surface area contributed by atoms with Crippen LogP contribution in [0.15, 0.2) is 0 Å². The van der Waals surface area contributed by atoms with Crippen molar-refractivity contribution >= 4 is 21.9 Å². The Bertz CT molecular complexity index is 159. The maximum Gasteiger partial charge on any atom is 0.355 e. The summed E-state index contributed by atoms with van der Waals surface area (Å²) in [6.45, 7) is -0.330. The van der Waals surface area contributed by atoms with E-state index in [2.05, 4.69) is 20.7 Å². The van der Waals surface area contributed by atoms with Crippen LogP contribution in [0.3, 0.4) is 0 Å². The van der Waals surface area contributed by atoms with E-state index in [4.69, 9.17) is 5.11 Å². The third kappa shape index (κ3) is 1.29. The van der Waals surface area contributed by atoms with Crippen LogP contribution in [0.25, 0.3) is 0 Å². The number of alkyl halides is 2. The number of rotatable bonds is 1. The van der Waals surface area contributed by atoms with Gasteiger partial charge in [0, 0.05) is 6.42 Å². The molecule has 0 bridgehead atoms. The maximum atomic E-state index is 12.8. The van der Waals surface area contributed by atoms with Crippen molar-refractivity contribution < 1.29 is 19.0 Å². The molecule has 1 fully saturated rings. The number of aliphatic hydroxyl groups excluding tert-OH is 1. The van der Waals surface area contributed by atoms with Crippen LogP contribution in [0, 0.1) is 0 Å². The topological polar surface area (TPSA) is 46.5 Å². The van der Waals surface area contributed by atoms with Gasteiger partial charge in [-0.3, -0.25) is 0 Å². The van der Waals surface area contributed by atoms with Gasteiger partial charge in [-0.15, -0.1) is 0 Å². The molecule has 3 nitrogen and oxygen atoms in total. The molecule has 1 saturated heterocycles. The second-order valence-corrected chi connectivity index (χ2v) is 3.38. The first kappa shape index (κ1) is 7.94. The molecule has 0 aliphatic carbocycles. The van der Waals surface area contributed by atoms with Crippen molar-refractivity contribution in [1.29, 1.82) is 0 Å². The van der Waals surface area contributed by atoms with E-state index in [-0.39, 0.29) is 13.0 Å². The van der Waals surface area contributed by atoms with Gasteiger partial charge in [-0.2, -0.15) is 0 Å². The second-order valence-electron chi connectivity index (χ2n) is 2.12. The lowest BCUT2D eigenvalue weighted by atomic mass is 10.2. The molecular formula is C5H6BrFO3. The largest absolute Gasteiger partial charge is 0.457 e. The standard InChI is InChI=1S/C5H6BrFO3/c6-5(7)1-3(2-8)10-4(5)9/h3,8H,1-2H2/t3-,5+/m0/s1. The molecule has 1 aliphatic rings. The molecule has 1 rings (SSSR count). The normalized spacial score (nSPS) is 39.9. The number of esters is 1. The Morgan fingerprint density at radius 3 is 2.80 bits per heavy atom. The zero-order valence-corrected chi connectivity index (χ0v) is 6.60. The summed E-state index contributed by atoms with van der Waals surface area (Å²) in [6, 6.07) is 0. The Labute approximate surface area is 65.3 Å². The first-order valence-electron chi connectivity index (χ1n) is 2.76. The highest BCUT2D eigenvalue weighted by Gasteiger charge is 2.47. The van der Waals surface area contributed by atoms with Crippen LogP contribution in [0.4, 0.5) is 4.39 Å². The van der Waals surface area contributed by atoms with E-state index in [1.165, 1.54) is 0 Å². The third-order valence-electron chi connectivity index (χ3n) is 1.26. The molecule has 0 spiro atoms. The number of carbonyl (C=O) groups excluding carboxylic acids is 1. The number of aliphatic hydroxyl groups is 1. The van der Waals surface area contributed by atoms with E-state index in [9.17, 15) is 9.18 Å². The molecule has 1 heterocycles. The van der Waals surface area contributed by atoms with Gasteiger partial charge in [-0.1, -0.05) is 0 Å². The fraction of sp³-hybridized carbons (Fsp3) is 0.800. The first-order chi connectivity index (χ1) is 4.56. The number of hydrogen-bond donors (Lipinski definition) is 1. The van der Waals surface area contributed by atoms with Gasteiger partial charge in [-0.05, 0) is 15.9 Å². The lowest BCUT2D eigenvalue weighted by molar-refractivity contribution is -0.147. The predicted molar refractivity (Wildman–Crippen MR) is 34.3 cm³/mol. The lowest BCUT2D eigenvalue weighted by Gasteiger charge is -2.01. The molecule has 0 unspecified atom stereocenters. The van der Waals surface area contributed by atoms with Crippen molar-refractivity contribution in [2.45, 2.75) is 17.1 Å². The van der Waals surface area contributed by atoms with Crippen molar-refractivity contribution in [3.8, 4) is 0 Å². The van der Waals surface area contributed by atoms with Crippen LogP contribution >= 0.6 is 15.9 Å². The summed E-state index contributed by atoms with van der Waals surface area (Å²) in [7, 11) is 0. The number of hydrogen-bond acceptors (Lipinski definition) is 3. The number of cyclic esters (lactones) is 1. The number of halogens is 2. The molecule has 1 aliphatic heterocycles. The molecule has 1 N–H and O–H groups in total. The van der Waals surface area contributed by atoms with Gasteiger partial charge in [-0.25, -0.2) is 9.18 Å². The minimum absolute atomic E-state index is 0.123. The Morgan fingerprint density at radius 1 is 2.00 bits per heavy atom. The monoisotopic (exact) mass is 212 g/mol. The van der Waals surface area contributed by atoms with Crippen LogP contribution in [0.2, 0.25) is 0 Å². The molecule has 0 amide bonds. The summed E-state index contributed by atoms with van der Waals surface area (Å²) in [5.74, 6) is -0.952. The summed E-state index contributed by atoms with van der Waals surface area (Å²) in [4.78, 5) is 10.5. The van der Waals surface area contributed by atoms with Gasteiger partial charge >= 0.3 is 5.97 Å². The van der Waals surface area contributed by atoms with Crippen molar-refractivity contribution in [2.24, 2.45) is 0 Å². The van der Waals surface area contributed by atoms with Gasteiger partial charge in [0.2, 0.25) is 0 Å². The molecule has 2 atom stereocenters. The Balaban J connectivity index is 2.62. The van der Waals surface area contributed by atoms with Crippen LogP contribution in [0.5, 0.6) is 0 Å². The third-order valence-corrected chi connectivity index (χ3v) is 1.91. The smallest absolute Gasteiger partial charge is 0.355 e. The van der Waals surface area contributed by atoms with Crippen molar-refractivity contribution in [3.05, 3.63) is 0 Å². The van der Waals surface area contributed by atoms with Gasteiger partial charge < -0.3 is 9.84 Å². The molecule has 5 heteroatoms. The molecule has 0 radical (unpaired) electrons. The Morgan fingerprint density at radius 2 is 2.60 bits per heavy atom. The highest BCUT2D eigenvalue weighted by molar-refractivity contribution is 9.10. The zero-order valence-electron chi connectivity index (χ0n) is 5.01.